The van der Waals surface area contributed by atoms with Crippen LogP contribution < -0.4 is 4.74 Å². The van der Waals surface area contributed by atoms with E-state index in [9.17, 15) is 9.59 Å². The lowest BCUT2D eigenvalue weighted by Crippen LogP contribution is -2.23. The fourth-order valence-electron chi connectivity index (χ4n) is 4.50. The van der Waals surface area contributed by atoms with E-state index in [0.29, 0.717) is 41.8 Å². The van der Waals surface area contributed by atoms with Gasteiger partial charge < -0.3 is 14.2 Å². The number of pyridine rings is 1. The number of hydrogen-bond donors (Lipinski definition) is 0. The Morgan fingerprint density at radius 2 is 1.76 bits per heavy atom. The highest BCUT2D eigenvalue weighted by molar-refractivity contribution is 7.16. The van der Waals surface area contributed by atoms with Gasteiger partial charge in [-0.1, -0.05) is 30.9 Å². The molecule has 0 spiro atoms. The number of halogens is 2. The van der Waals surface area contributed by atoms with Crippen LogP contribution in [0.25, 0.3) is 11.3 Å². The summed E-state index contributed by atoms with van der Waals surface area (Å²) in [5.41, 5.74) is 2.59. The van der Waals surface area contributed by atoms with Crippen LogP contribution in [0.3, 0.4) is 0 Å². The number of nitrogens with zero attached hydrogens (tertiary/aromatic N) is 2. The highest BCUT2D eigenvalue weighted by Gasteiger charge is 2.18. The number of carbonyl (C=O) groups is 2. The van der Waals surface area contributed by atoms with E-state index < -0.39 is 11.6 Å². The molecule has 0 N–H and O–H groups in total. The Morgan fingerprint density at radius 1 is 1.02 bits per heavy atom. The summed E-state index contributed by atoms with van der Waals surface area (Å²) >= 11 is 7.23. The Kier molecular flexibility index (Phi) is 12.7. The Labute approximate surface area is 256 Å². The topological polar surface area (TPSA) is 87.6 Å². The first-order chi connectivity index (χ1) is 20.0. The molecule has 0 aliphatic rings. The fourth-order valence-corrected chi connectivity index (χ4v) is 5.67. The highest BCUT2D eigenvalue weighted by atomic mass is 35.5. The molecule has 0 amide bonds. The Morgan fingerprint density at radius 3 is 2.45 bits per heavy atom. The van der Waals surface area contributed by atoms with Crippen LogP contribution in [0.15, 0.2) is 30.5 Å². The van der Waals surface area contributed by atoms with E-state index in [1.165, 1.54) is 18.4 Å². The molecule has 0 saturated heterocycles. The molecule has 0 aliphatic heterocycles. The molecule has 10 heteroatoms. The Hall–Kier alpha value is -3.04. The third-order valence-corrected chi connectivity index (χ3v) is 7.70. The second-order valence-corrected chi connectivity index (χ2v) is 12.9. The number of hydrogen-bond acceptors (Lipinski definition) is 8. The first-order valence-electron chi connectivity index (χ1n) is 14.3. The molecule has 0 unspecified atom stereocenters. The van der Waals surface area contributed by atoms with Crippen LogP contribution in [0.5, 0.6) is 5.75 Å². The summed E-state index contributed by atoms with van der Waals surface area (Å²) in [5.74, 6) is -0.314. The lowest BCUT2D eigenvalue weighted by atomic mass is 10.0. The van der Waals surface area contributed by atoms with Crippen molar-refractivity contribution in [1.29, 1.82) is 0 Å². The molecule has 2 aromatic heterocycles. The summed E-state index contributed by atoms with van der Waals surface area (Å²) < 4.78 is 31.3. The number of carbonyl (C=O) groups excluding carboxylic acids is 2. The van der Waals surface area contributed by atoms with Crippen LogP contribution in [-0.2, 0) is 27.1 Å². The van der Waals surface area contributed by atoms with Crippen molar-refractivity contribution >= 4 is 34.9 Å². The normalized spacial score (nSPS) is 11.4. The molecule has 0 aliphatic carbocycles. The van der Waals surface area contributed by atoms with Crippen LogP contribution in [-0.4, -0.2) is 41.2 Å². The smallest absolute Gasteiger partial charge is 0.357 e. The zero-order chi connectivity index (χ0) is 30.7. The van der Waals surface area contributed by atoms with E-state index in [2.05, 4.69) is 9.97 Å². The molecule has 0 atom stereocenters. The zero-order valence-corrected chi connectivity index (χ0v) is 26.6. The molecule has 0 radical (unpaired) electrons. The van der Waals surface area contributed by atoms with Gasteiger partial charge >= 0.3 is 11.9 Å². The zero-order valence-electron chi connectivity index (χ0n) is 25.1. The highest BCUT2D eigenvalue weighted by Crippen LogP contribution is 2.29. The molecule has 42 heavy (non-hydrogen) atoms. The molecule has 2 heterocycles. The Bertz CT molecular complexity index is 1360. The molecule has 0 saturated carbocycles. The standard InChI is InChI=1S/C32H40ClFN2O5S/c1-21-18-23(40-17-11-13-26-29(30(38)39-5)36-31(33)42-26)15-16-24(21)28-25(34)19-22(20-35-28)12-9-7-6-8-10-14-27(37)41-32(2,3)4/h15-16,18-20H,6-14,17H2,1-5H3. The van der Waals surface area contributed by atoms with Crippen molar-refractivity contribution in [1.82, 2.24) is 9.97 Å². The molecule has 1 aromatic carbocycles. The van der Waals surface area contributed by atoms with Gasteiger partial charge in [-0.2, -0.15) is 0 Å². The second-order valence-electron chi connectivity index (χ2n) is 11.2. The Balaban J connectivity index is 1.42. The summed E-state index contributed by atoms with van der Waals surface area (Å²) in [5, 5.41) is 0. The number of methoxy groups -OCH3 is 1. The number of unbranched alkanes of at least 4 members (excludes halogenated alkanes) is 4. The first kappa shape index (κ1) is 33.5. The minimum absolute atomic E-state index is 0.146. The van der Waals surface area contributed by atoms with E-state index in [1.54, 1.807) is 12.3 Å². The van der Waals surface area contributed by atoms with Gasteiger partial charge in [-0.3, -0.25) is 9.78 Å². The van der Waals surface area contributed by atoms with E-state index >= 15 is 4.39 Å². The number of aromatic nitrogens is 2. The van der Waals surface area contributed by atoms with Gasteiger partial charge in [0.05, 0.1) is 13.7 Å². The average Bonchev–Trinajstić information content (AvgIpc) is 3.30. The van der Waals surface area contributed by atoms with Crippen LogP contribution >= 0.6 is 22.9 Å². The minimum Gasteiger partial charge on any atom is -0.494 e. The number of rotatable bonds is 15. The van der Waals surface area contributed by atoms with E-state index in [4.69, 9.17) is 25.8 Å². The average molecular weight is 619 g/mol. The van der Waals surface area contributed by atoms with Crippen LogP contribution in [0.1, 0.15) is 92.2 Å². The molecular formula is C32H40ClFN2O5S. The first-order valence-corrected chi connectivity index (χ1v) is 15.5. The summed E-state index contributed by atoms with van der Waals surface area (Å²) in [7, 11) is 1.31. The lowest BCUT2D eigenvalue weighted by Gasteiger charge is -2.19. The van der Waals surface area contributed by atoms with Gasteiger partial charge in [-0.25, -0.2) is 14.2 Å². The summed E-state index contributed by atoms with van der Waals surface area (Å²) in [4.78, 5) is 32.9. The van der Waals surface area contributed by atoms with E-state index in [0.717, 1.165) is 60.1 Å². The van der Waals surface area contributed by atoms with Gasteiger partial charge in [0.25, 0.3) is 0 Å². The SMILES string of the molecule is COC(=O)c1nc(Cl)sc1CCCOc1ccc(-c2ncc(CCCCCCCC(=O)OC(C)(C)C)cc2F)c(C)c1. The van der Waals surface area contributed by atoms with Crippen molar-refractivity contribution in [2.24, 2.45) is 0 Å². The molecule has 3 rings (SSSR count). The van der Waals surface area contributed by atoms with Gasteiger partial charge in [0, 0.05) is 23.1 Å². The van der Waals surface area contributed by atoms with Crippen molar-refractivity contribution in [3.8, 4) is 17.0 Å². The molecular weight excluding hydrogens is 579 g/mol. The van der Waals surface area contributed by atoms with Gasteiger partial charge in [0.15, 0.2) is 10.2 Å². The number of benzene rings is 1. The van der Waals surface area contributed by atoms with Crippen LogP contribution in [0.2, 0.25) is 4.47 Å². The van der Waals surface area contributed by atoms with Gasteiger partial charge in [-0.15, -0.1) is 11.3 Å². The van der Waals surface area contributed by atoms with Crippen LogP contribution in [0.4, 0.5) is 4.39 Å². The van der Waals surface area contributed by atoms with E-state index in [1.807, 2.05) is 45.9 Å². The van der Waals surface area contributed by atoms with Gasteiger partial charge in [-0.05, 0) is 95.2 Å². The lowest BCUT2D eigenvalue weighted by molar-refractivity contribution is -0.154. The number of ether oxygens (including phenoxy) is 3. The van der Waals surface area contributed by atoms with Crippen molar-refractivity contribution in [3.63, 3.8) is 0 Å². The molecule has 3 aromatic rings. The second kappa shape index (κ2) is 16.0. The molecule has 0 fully saturated rings. The maximum Gasteiger partial charge on any atom is 0.357 e. The monoisotopic (exact) mass is 618 g/mol. The van der Waals surface area contributed by atoms with Crippen molar-refractivity contribution in [2.45, 2.75) is 91.1 Å². The largest absolute Gasteiger partial charge is 0.494 e. The van der Waals surface area contributed by atoms with Gasteiger partial charge in [0.2, 0.25) is 0 Å². The number of thiazole rings is 1. The maximum atomic E-state index is 15.0. The quantitative estimate of drug-likeness (QED) is 0.125. The van der Waals surface area contributed by atoms with Crippen molar-refractivity contribution in [2.75, 3.05) is 13.7 Å². The molecule has 7 nitrogen and oxygen atoms in total. The fraction of sp³-hybridized carbons (Fsp3) is 0.500. The van der Waals surface area contributed by atoms with Crippen molar-refractivity contribution < 1.29 is 28.2 Å². The summed E-state index contributed by atoms with van der Waals surface area (Å²) in [6.45, 7) is 7.96. The maximum absolute atomic E-state index is 15.0. The minimum atomic E-state index is -0.502. The predicted molar refractivity (Wildman–Crippen MR) is 164 cm³/mol. The third kappa shape index (κ3) is 10.7. The molecule has 228 valence electrons. The van der Waals surface area contributed by atoms with Crippen molar-refractivity contribution in [3.05, 3.63) is 62.4 Å². The van der Waals surface area contributed by atoms with Gasteiger partial charge in [0.1, 0.15) is 22.9 Å². The van der Waals surface area contributed by atoms with Crippen LogP contribution in [0, 0.1) is 12.7 Å². The third-order valence-electron chi connectivity index (χ3n) is 6.48. The summed E-state index contributed by atoms with van der Waals surface area (Å²) in [6, 6.07) is 7.08. The predicted octanol–water partition coefficient (Wildman–Crippen LogP) is 8.33. The number of aryl methyl sites for hydroxylation is 3. The summed E-state index contributed by atoms with van der Waals surface area (Å²) in [6.07, 6.45) is 8.98. The number of esters is 2. The van der Waals surface area contributed by atoms with E-state index in [-0.39, 0.29) is 17.5 Å². The molecule has 0 bridgehead atoms.